The first-order chi connectivity index (χ1) is 8.09. The van der Waals surface area contributed by atoms with E-state index in [-0.39, 0.29) is 5.75 Å². The van der Waals surface area contributed by atoms with Crippen LogP contribution in [0.1, 0.15) is 33.1 Å². The summed E-state index contributed by atoms with van der Waals surface area (Å²) in [6.07, 6.45) is 3.30. The molecule has 1 unspecified atom stereocenters. The third-order valence-corrected chi connectivity index (χ3v) is 5.32. The van der Waals surface area contributed by atoms with E-state index in [4.69, 9.17) is 0 Å². The molecule has 102 valence electrons. The molecule has 0 bridgehead atoms. The van der Waals surface area contributed by atoms with E-state index in [0.717, 1.165) is 26.1 Å². The molecule has 0 radical (unpaired) electrons. The van der Waals surface area contributed by atoms with Gasteiger partial charge in [-0.2, -0.15) is 0 Å². The van der Waals surface area contributed by atoms with Crippen LogP contribution in [0.3, 0.4) is 0 Å². The van der Waals surface area contributed by atoms with Crippen molar-refractivity contribution in [3.63, 3.8) is 0 Å². The average molecular weight is 262 g/mol. The molecule has 17 heavy (non-hydrogen) atoms. The van der Waals surface area contributed by atoms with E-state index < -0.39 is 9.84 Å². The molecule has 1 aliphatic rings. The summed E-state index contributed by atoms with van der Waals surface area (Å²) < 4.78 is 22.6. The van der Waals surface area contributed by atoms with Crippen molar-refractivity contribution in [1.29, 1.82) is 0 Å². The van der Waals surface area contributed by atoms with Crippen molar-refractivity contribution in [2.75, 3.05) is 37.7 Å². The summed E-state index contributed by atoms with van der Waals surface area (Å²) in [6, 6.07) is 0.655. The number of likely N-dealkylation sites (tertiary alicyclic amines) is 1. The second kappa shape index (κ2) is 7.34. The fourth-order valence-corrected chi connectivity index (χ4v) is 3.25. The Kier molecular flexibility index (Phi) is 6.44. The molecule has 1 rings (SSSR count). The molecule has 0 spiro atoms. The largest absolute Gasteiger partial charge is 0.315 e. The molecular formula is C12H26N2O2S. The van der Waals surface area contributed by atoms with Gasteiger partial charge in [0, 0.05) is 18.3 Å². The topological polar surface area (TPSA) is 49.4 Å². The quantitative estimate of drug-likeness (QED) is 0.660. The van der Waals surface area contributed by atoms with Crippen LogP contribution in [-0.4, -0.2) is 57.0 Å². The Hall–Kier alpha value is -0.130. The number of hydrogen-bond donors (Lipinski definition) is 1. The molecule has 1 aliphatic heterocycles. The highest BCUT2D eigenvalue weighted by molar-refractivity contribution is 7.91. The van der Waals surface area contributed by atoms with Crippen LogP contribution in [0.2, 0.25) is 0 Å². The van der Waals surface area contributed by atoms with Gasteiger partial charge < -0.3 is 5.32 Å². The van der Waals surface area contributed by atoms with Crippen molar-refractivity contribution in [2.24, 2.45) is 0 Å². The first-order valence-electron chi connectivity index (χ1n) is 6.74. The highest BCUT2D eigenvalue weighted by Gasteiger charge is 2.21. The molecule has 4 nitrogen and oxygen atoms in total. The Morgan fingerprint density at radius 3 is 2.76 bits per heavy atom. The molecule has 1 fully saturated rings. The van der Waals surface area contributed by atoms with E-state index in [0.29, 0.717) is 11.8 Å². The summed E-state index contributed by atoms with van der Waals surface area (Å²) in [5.74, 6) is 0.581. The van der Waals surface area contributed by atoms with Crippen LogP contribution in [0.25, 0.3) is 0 Å². The summed E-state index contributed by atoms with van der Waals surface area (Å²) in [6.45, 7) is 8.06. The third kappa shape index (κ3) is 5.36. The Morgan fingerprint density at radius 2 is 2.12 bits per heavy atom. The van der Waals surface area contributed by atoms with Crippen LogP contribution in [0, 0.1) is 0 Å². The van der Waals surface area contributed by atoms with Gasteiger partial charge >= 0.3 is 0 Å². The molecule has 0 aromatic rings. The number of hydrogen-bond acceptors (Lipinski definition) is 4. The maximum atomic E-state index is 11.3. The standard InChI is InChI=1S/C12H26N2O2S/c1-3-14-9-5-7-12(14)11-13-8-6-10-17(15,16)4-2/h12-13H,3-11H2,1-2H3. The summed E-state index contributed by atoms with van der Waals surface area (Å²) in [7, 11) is -2.78. The fourth-order valence-electron chi connectivity index (χ4n) is 2.37. The minimum atomic E-state index is -2.78. The predicted molar refractivity (Wildman–Crippen MR) is 72.1 cm³/mol. The zero-order valence-corrected chi connectivity index (χ0v) is 11.9. The van der Waals surface area contributed by atoms with E-state index in [2.05, 4.69) is 17.1 Å². The minimum Gasteiger partial charge on any atom is -0.315 e. The van der Waals surface area contributed by atoms with Crippen LogP contribution < -0.4 is 5.32 Å². The summed E-state index contributed by atoms with van der Waals surface area (Å²) in [4.78, 5) is 2.50. The predicted octanol–water partition coefficient (Wildman–Crippen LogP) is 0.885. The molecule has 0 aromatic carbocycles. The first-order valence-corrected chi connectivity index (χ1v) is 8.56. The summed E-state index contributed by atoms with van der Waals surface area (Å²) in [5.41, 5.74) is 0. The van der Waals surface area contributed by atoms with Crippen molar-refractivity contribution in [1.82, 2.24) is 10.2 Å². The molecule has 0 saturated carbocycles. The van der Waals surface area contributed by atoms with Crippen LogP contribution in [0.15, 0.2) is 0 Å². The second-order valence-corrected chi connectivity index (χ2v) is 7.19. The highest BCUT2D eigenvalue weighted by atomic mass is 32.2. The van der Waals surface area contributed by atoms with Crippen LogP contribution in [0.4, 0.5) is 0 Å². The smallest absolute Gasteiger partial charge is 0.150 e. The van der Waals surface area contributed by atoms with Gasteiger partial charge in [-0.1, -0.05) is 13.8 Å². The van der Waals surface area contributed by atoms with Crippen molar-refractivity contribution >= 4 is 9.84 Å². The Morgan fingerprint density at radius 1 is 1.35 bits per heavy atom. The monoisotopic (exact) mass is 262 g/mol. The lowest BCUT2D eigenvalue weighted by Crippen LogP contribution is -2.38. The zero-order valence-electron chi connectivity index (χ0n) is 11.1. The molecule has 5 heteroatoms. The van der Waals surface area contributed by atoms with Crippen molar-refractivity contribution in [3.05, 3.63) is 0 Å². The molecule has 0 aromatic heterocycles. The Labute approximate surface area is 106 Å². The Bertz CT molecular complexity index is 304. The zero-order chi connectivity index (χ0) is 12.7. The number of likely N-dealkylation sites (N-methyl/N-ethyl adjacent to an activating group) is 1. The molecular weight excluding hydrogens is 236 g/mol. The lowest BCUT2D eigenvalue weighted by atomic mass is 10.2. The Balaban J connectivity index is 2.08. The SMILES string of the molecule is CCN1CCCC1CNCCCS(=O)(=O)CC. The highest BCUT2D eigenvalue weighted by Crippen LogP contribution is 2.15. The van der Waals surface area contributed by atoms with Gasteiger partial charge in [0.2, 0.25) is 0 Å². The number of nitrogens with zero attached hydrogens (tertiary/aromatic N) is 1. The number of sulfone groups is 1. The number of rotatable bonds is 8. The maximum absolute atomic E-state index is 11.3. The minimum absolute atomic E-state index is 0.263. The van der Waals surface area contributed by atoms with Gasteiger partial charge in [-0.25, -0.2) is 8.42 Å². The summed E-state index contributed by atoms with van der Waals surface area (Å²) >= 11 is 0. The molecule has 1 N–H and O–H groups in total. The van der Waals surface area contributed by atoms with Crippen molar-refractivity contribution < 1.29 is 8.42 Å². The van der Waals surface area contributed by atoms with Gasteiger partial charge in [0.15, 0.2) is 0 Å². The van der Waals surface area contributed by atoms with Gasteiger partial charge in [0.25, 0.3) is 0 Å². The molecule has 0 aliphatic carbocycles. The fraction of sp³-hybridized carbons (Fsp3) is 1.00. The van der Waals surface area contributed by atoms with Gasteiger partial charge in [-0.15, -0.1) is 0 Å². The molecule has 1 heterocycles. The lowest BCUT2D eigenvalue weighted by molar-refractivity contribution is 0.260. The third-order valence-electron chi connectivity index (χ3n) is 3.53. The van der Waals surface area contributed by atoms with Gasteiger partial charge in [-0.05, 0) is 38.9 Å². The second-order valence-electron chi connectivity index (χ2n) is 4.72. The first kappa shape index (κ1) is 14.9. The van der Waals surface area contributed by atoms with Crippen LogP contribution in [-0.2, 0) is 9.84 Å². The van der Waals surface area contributed by atoms with Gasteiger partial charge in [0.05, 0.1) is 5.75 Å². The van der Waals surface area contributed by atoms with E-state index in [9.17, 15) is 8.42 Å². The van der Waals surface area contributed by atoms with E-state index in [1.807, 2.05) is 0 Å². The normalized spacial score (nSPS) is 22.1. The van der Waals surface area contributed by atoms with Gasteiger partial charge in [-0.3, -0.25) is 4.90 Å². The average Bonchev–Trinajstić information content (AvgIpc) is 2.76. The molecule has 1 atom stereocenters. The van der Waals surface area contributed by atoms with E-state index in [1.54, 1.807) is 6.92 Å². The molecule has 1 saturated heterocycles. The van der Waals surface area contributed by atoms with E-state index in [1.165, 1.54) is 19.4 Å². The number of nitrogens with one attached hydrogen (secondary N) is 1. The maximum Gasteiger partial charge on any atom is 0.150 e. The van der Waals surface area contributed by atoms with Crippen molar-refractivity contribution in [3.8, 4) is 0 Å². The van der Waals surface area contributed by atoms with E-state index >= 15 is 0 Å². The van der Waals surface area contributed by atoms with Crippen LogP contribution in [0.5, 0.6) is 0 Å². The van der Waals surface area contributed by atoms with Gasteiger partial charge in [0.1, 0.15) is 9.84 Å². The lowest BCUT2D eigenvalue weighted by Gasteiger charge is -2.22. The van der Waals surface area contributed by atoms with Crippen LogP contribution >= 0.6 is 0 Å². The van der Waals surface area contributed by atoms with Crippen molar-refractivity contribution in [2.45, 2.75) is 39.2 Å². The molecule has 0 amide bonds. The summed E-state index contributed by atoms with van der Waals surface area (Å²) in [5, 5.41) is 3.38.